The molecule has 10 rings (SSSR count). The highest BCUT2D eigenvalue weighted by molar-refractivity contribution is 6.10. The fourth-order valence-corrected chi connectivity index (χ4v) is 7.83. The van der Waals surface area contributed by atoms with Gasteiger partial charge in [0.1, 0.15) is 17.2 Å². The fraction of sp³-hybridized carbons (Fsp3) is 0.0625. The average Bonchev–Trinajstić information content (AvgIpc) is 3.60. The summed E-state index contributed by atoms with van der Waals surface area (Å²) in [5.74, 6) is 2.85. The molecule has 9 aromatic rings. The zero-order chi connectivity index (χ0) is 34.6. The van der Waals surface area contributed by atoms with Crippen molar-refractivity contribution in [3.05, 3.63) is 181 Å². The summed E-state index contributed by atoms with van der Waals surface area (Å²) in [6, 6.07) is 55.3. The van der Waals surface area contributed by atoms with Gasteiger partial charge >= 0.3 is 0 Å². The summed E-state index contributed by atoms with van der Waals surface area (Å²) in [6.45, 7) is 2.24. The fourth-order valence-electron chi connectivity index (χ4n) is 7.83. The van der Waals surface area contributed by atoms with Gasteiger partial charge in [-0.15, -0.1) is 0 Å². The Kier molecular flexibility index (Phi) is 7.14. The SMILES string of the molecule is CC1C=Cc2oc3cccc(-c4ccc5ccc6ccccc6c5c4)c3c2C1c1nc(-c2ccccc2)nc(-c2ccc(-c3ccccc3)cc2)n1. The maximum absolute atomic E-state index is 6.64. The molecule has 0 N–H and O–H groups in total. The molecule has 246 valence electrons. The van der Waals surface area contributed by atoms with Crippen molar-refractivity contribution < 1.29 is 4.42 Å². The third-order valence-electron chi connectivity index (χ3n) is 10.4. The molecule has 2 unspecified atom stereocenters. The van der Waals surface area contributed by atoms with Crippen molar-refractivity contribution in [2.24, 2.45) is 5.92 Å². The molecule has 7 aromatic carbocycles. The monoisotopic (exact) mass is 667 g/mol. The van der Waals surface area contributed by atoms with Crippen molar-refractivity contribution in [1.82, 2.24) is 15.0 Å². The molecule has 0 amide bonds. The van der Waals surface area contributed by atoms with Crippen LogP contribution < -0.4 is 0 Å². The van der Waals surface area contributed by atoms with Gasteiger partial charge in [0.15, 0.2) is 11.6 Å². The van der Waals surface area contributed by atoms with Crippen LogP contribution in [-0.2, 0) is 0 Å². The summed E-state index contributed by atoms with van der Waals surface area (Å²) in [6.07, 6.45) is 4.34. The van der Waals surface area contributed by atoms with Gasteiger partial charge in [-0.2, -0.15) is 0 Å². The molecule has 1 aliphatic carbocycles. The maximum Gasteiger partial charge on any atom is 0.163 e. The van der Waals surface area contributed by atoms with Crippen molar-refractivity contribution in [2.75, 3.05) is 0 Å². The number of hydrogen-bond donors (Lipinski definition) is 0. The van der Waals surface area contributed by atoms with Crippen LogP contribution in [0, 0.1) is 5.92 Å². The van der Waals surface area contributed by atoms with Gasteiger partial charge in [-0.3, -0.25) is 0 Å². The number of rotatable bonds is 5. The Hall–Kier alpha value is -6.65. The van der Waals surface area contributed by atoms with Crippen molar-refractivity contribution >= 4 is 38.6 Å². The van der Waals surface area contributed by atoms with Crippen LogP contribution in [0.2, 0.25) is 0 Å². The second-order valence-corrected chi connectivity index (χ2v) is 13.6. The number of hydrogen-bond acceptors (Lipinski definition) is 4. The number of aromatic nitrogens is 3. The van der Waals surface area contributed by atoms with Crippen LogP contribution in [0.1, 0.15) is 30.0 Å². The molecule has 2 atom stereocenters. The molecule has 0 bridgehead atoms. The van der Waals surface area contributed by atoms with E-state index in [9.17, 15) is 0 Å². The minimum atomic E-state index is -0.156. The van der Waals surface area contributed by atoms with Crippen LogP contribution >= 0.6 is 0 Å². The van der Waals surface area contributed by atoms with Gasteiger partial charge in [0.2, 0.25) is 0 Å². The van der Waals surface area contributed by atoms with Crippen LogP contribution in [0.4, 0.5) is 0 Å². The molecule has 0 saturated heterocycles. The summed E-state index contributed by atoms with van der Waals surface area (Å²) >= 11 is 0. The van der Waals surface area contributed by atoms with Crippen LogP contribution in [0.5, 0.6) is 0 Å². The molecule has 4 nitrogen and oxygen atoms in total. The third kappa shape index (κ3) is 5.11. The Bertz CT molecular complexity index is 2800. The van der Waals surface area contributed by atoms with Crippen molar-refractivity contribution in [3.8, 4) is 45.0 Å². The maximum atomic E-state index is 6.64. The Morgan fingerprint density at radius 2 is 1.10 bits per heavy atom. The number of furan rings is 1. The van der Waals surface area contributed by atoms with Gasteiger partial charge in [0, 0.05) is 22.1 Å². The van der Waals surface area contributed by atoms with E-state index in [2.05, 4.69) is 153 Å². The van der Waals surface area contributed by atoms with E-state index in [0.717, 1.165) is 55.9 Å². The van der Waals surface area contributed by atoms with E-state index in [4.69, 9.17) is 19.4 Å². The third-order valence-corrected chi connectivity index (χ3v) is 10.4. The van der Waals surface area contributed by atoms with Crippen LogP contribution in [-0.4, -0.2) is 15.0 Å². The summed E-state index contributed by atoms with van der Waals surface area (Å²) in [4.78, 5) is 15.6. The topological polar surface area (TPSA) is 51.8 Å². The van der Waals surface area contributed by atoms with E-state index in [0.29, 0.717) is 11.6 Å². The van der Waals surface area contributed by atoms with E-state index in [1.165, 1.54) is 27.1 Å². The van der Waals surface area contributed by atoms with Crippen molar-refractivity contribution in [1.29, 1.82) is 0 Å². The molecular formula is C48H33N3O. The van der Waals surface area contributed by atoms with Crippen molar-refractivity contribution in [3.63, 3.8) is 0 Å². The van der Waals surface area contributed by atoms with Crippen molar-refractivity contribution in [2.45, 2.75) is 12.8 Å². The van der Waals surface area contributed by atoms with Gasteiger partial charge in [-0.1, -0.05) is 159 Å². The number of benzene rings is 7. The van der Waals surface area contributed by atoms with Crippen LogP contribution in [0.3, 0.4) is 0 Å². The molecule has 4 heteroatoms. The second kappa shape index (κ2) is 12.3. The second-order valence-electron chi connectivity index (χ2n) is 13.6. The molecular weight excluding hydrogens is 635 g/mol. The standard InChI is InChI=1S/C48H33N3O/c1-30-19-28-42-45(44-39(17-10-18-41(44)52-42)37-27-24-34-23-22-33-13-8-9-16-38(33)40(34)29-37)43(30)48-50-46(35-14-6-3-7-15-35)49-47(51-48)36-25-20-32(21-26-36)31-11-4-2-5-12-31/h2-30,43H,1H3. The van der Waals surface area contributed by atoms with Gasteiger partial charge < -0.3 is 4.42 Å². The lowest BCUT2D eigenvalue weighted by Crippen LogP contribution is -2.18. The highest BCUT2D eigenvalue weighted by Gasteiger charge is 2.34. The van der Waals surface area contributed by atoms with Crippen LogP contribution in [0.25, 0.3) is 83.6 Å². The minimum absolute atomic E-state index is 0.112. The largest absolute Gasteiger partial charge is 0.456 e. The van der Waals surface area contributed by atoms with E-state index < -0.39 is 0 Å². The van der Waals surface area contributed by atoms with E-state index in [-0.39, 0.29) is 11.8 Å². The van der Waals surface area contributed by atoms with Gasteiger partial charge in [0.05, 0.1) is 5.92 Å². The van der Waals surface area contributed by atoms with E-state index >= 15 is 0 Å². The predicted molar refractivity (Wildman–Crippen MR) is 213 cm³/mol. The normalized spacial score (nSPS) is 15.3. The average molecular weight is 668 g/mol. The molecule has 2 aromatic heterocycles. The molecule has 0 radical (unpaired) electrons. The zero-order valence-electron chi connectivity index (χ0n) is 28.6. The summed E-state index contributed by atoms with van der Waals surface area (Å²) in [5, 5.41) is 6.05. The zero-order valence-corrected chi connectivity index (χ0v) is 28.6. The first-order valence-electron chi connectivity index (χ1n) is 17.8. The summed E-state index contributed by atoms with van der Waals surface area (Å²) in [7, 11) is 0. The van der Waals surface area contributed by atoms with Crippen LogP contribution in [0.15, 0.2) is 168 Å². The molecule has 1 aliphatic rings. The lowest BCUT2D eigenvalue weighted by Gasteiger charge is -2.25. The number of fused-ring (bicyclic) bond motifs is 6. The Balaban J connectivity index is 1.16. The molecule has 52 heavy (non-hydrogen) atoms. The predicted octanol–water partition coefficient (Wildman–Crippen LogP) is 12.4. The highest BCUT2D eigenvalue weighted by Crippen LogP contribution is 2.47. The first kappa shape index (κ1) is 30.2. The van der Waals surface area contributed by atoms with Gasteiger partial charge in [-0.05, 0) is 67.9 Å². The van der Waals surface area contributed by atoms with E-state index in [1.54, 1.807) is 0 Å². The number of nitrogens with zero attached hydrogens (tertiary/aromatic N) is 3. The Morgan fingerprint density at radius 1 is 0.500 bits per heavy atom. The smallest absolute Gasteiger partial charge is 0.163 e. The minimum Gasteiger partial charge on any atom is -0.456 e. The Morgan fingerprint density at radius 3 is 1.87 bits per heavy atom. The molecule has 0 aliphatic heterocycles. The molecule has 0 fully saturated rings. The number of allylic oxidation sites excluding steroid dienone is 1. The quantitative estimate of drug-likeness (QED) is 0.171. The lowest BCUT2D eigenvalue weighted by molar-refractivity contribution is 0.545. The first-order chi connectivity index (χ1) is 25.7. The highest BCUT2D eigenvalue weighted by atomic mass is 16.3. The first-order valence-corrected chi connectivity index (χ1v) is 17.8. The van der Waals surface area contributed by atoms with Gasteiger partial charge in [-0.25, -0.2) is 15.0 Å². The molecule has 0 saturated carbocycles. The summed E-state index contributed by atoms with van der Waals surface area (Å²) < 4.78 is 6.64. The van der Waals surface area contributed by atoms with E-state index in [1.807, 2.05) is 24.3 Å². The van der Waals surface area contributed by atoms with Gasteiger partial charge in [0.25, 0.3) is 0 Å². The lowest BCUT2D eigenvalue weighted by atomic mass is 9.79. The molecule has 0 spiro atoms. The molecule has 2 heterocycles. The Labute approximate surface area is 301 Å². The summed E-state index contributed by atoms with van der Waals surface area (Å²) in [5.41, 5.74) is 8.49.